The third-order valence-electron chi connectivity index (χ3n) is 3.06. The molecule has 2 rings (SSSR count). The van der Waals surface area contributed by atoms with Crippen molar-refractivity contribution in [3.8, 4) is 0 Å². The Bertz CT molecular complexity index is 660. The molecule has 0 saturated carbocycles. The van der Waals surface area contributed by atoms with Crippen LogP contribution in [0.2, 0.25) is 15.1 Å². The molecule has 0 radical (unpaired) electrons. The van der Waals surface area contributed by atoms with Crippen LogP contribution in [0.15, 0.2) is 47.4 Å². The molecule has 128 valence electrons. The van der Waals surface area contributed by atoms with Crippen LogP contribution in [0.25, 0.3) is 0 Å². The van der Waals surface area contributed by atoms with E-state index >= 15 is 0 Å². The Morgan fingerprint density at radius 2 is 1.67 bits per heavy atom. The summed E-state index contributed by atoms with van der Waals surface area (Å²) in [6.07, 6.45) is 0. The van der Waals surface area contributed by atoms with Crippen LogP contribution in [-0.4, -0.2) is 24.0 Å². The number of hydrogen-bond donors (Lipinski definition) is 1. The SMILES string of the molecule is O=C(CSc1ccc(Cl)cc1)NCCSCc1c(Cl)cccc1Cl. The van der Waals surface area contributed by atoms with Crippen molar-refractivity contribution in [1.29, 1.82) is 0 Å². The molecular formula is C17H16Cl3NOS2. The van der Waals surface area contributed by atoms with Gasteiger partial charge in [-0.05, 0) is 42.0 Å². The fourth-order valence-electron chi connectivity index (χ4n) is 1.84. The molecule has 0 aliphatic rings. The van der Waals surface area contributed by atoms with E-state index < -0.39 is 0 Å². The summed E-state index contributed by atoms with van der Waals surface area (Å²) in [4.78, 5) is 12.8. The fourth-order valence-corrected chi connectivity index (χ4v) is 4.29. The van der Waals surface area contributed by atoms with Crippen molar-refractivity contribution in [2.75, 3.05) is 18.1 Å². The van der Waals surface area contributed by atoms with E-state index in [1.54, 1.807) is 11.8 Å². The molecule has 0 atom stereocenters. The molecule has 24 heavy (non-hydrogen) atoms. The first kappa shape index (κ1) is 19.8. The third kappa shape index (κ3) is 6.77. The summed E-state index contributed by atoms with van der Waals surface area (Å²) >= 11 is 21.3. The van der Waals surface area contributed by atoms with Crippen LogP contribution in [0.5, 0.6) is 0 Å². The molecule has 0 spiro atoms. The van der Waals surface area contributed by atoms with Crippen LogP contribution in [0.4, 0.5) is 0 Å². The Kier molecular flexibility index (Phi) is 8.63. The second-order valence-electron chi connectivity index (χ2n) is 4.85. The molecule has 1 amide bonds. The largest absolute Gasteiger partial charge is 0.355 e. The predicted octanol–water partition coefficient (Wildman–Crippen LogP) is 5.79. The molecule has 0 heterocycles. The van der Waals surface area contributed by atoms with Gasteiger partial charge in [0.25, 0.3) is 0 Å². The van der Waals surface area contributed by atoms with Crippen molar-refractivity contribution < 1.29 is 4.79 Å². The first-order valence-corrected chi connectivity index (χ1v) is 10.5. The zero-order valence-corrected chi connectivity index (χ0v) is 16.6. The number of amides is 1. The van der Waals surface area contributed by atoms with Crippen LogP contribution in [0.1, 0.15) is 5.56 Å². The van der Waals surface area contributed by atoms with Crippen molar-refractivity contribution in [2.24, 2.45) is 0 Å². The summed E-state index contributed by atoms with van der Waals surface area (Å²) in [6, 6.07) is 12.9. The standard InChI is InChI=1S/C17H16Cl3NOS2/c18-12-4-6-13(7-5-12)24-11-17(22)21-8-9-23-10-14-15(19)2-1-3-16(14)20/h1-7H,8-11H2,(H,21,22). The van der Waals surface area contributed by atoms with Gasteiger partial charge in [0.15, 0.2) is 0 Å². The van der Waals surface area contributed by atoms with Gasteiger partial charge in [-0.1, -0.05) is 40.9 Å². The number of rotatable bonds is 8. The van der Waals surface area contributed by atoms with E-state index in [0.717, 1.165) is 22.0 Å². The molecule has 2 nitrogen and oxygen atoms in total. The highest BCUT2D eigenvalue weighted by Crippen LogP contribution is 2.28. The van der Waals surface area contributed by atoms with Crippen LogP contribution in [0.3, 0.4) is 0 Å². The summed E-state index contributed by atoms with van der Waals surface area (Å²) < 4.78 is 0. The van der Waals surface area contributed by atoms with Gasteiger partial charge >= 0.3 is 0 Å². The van der Waals surface area contributed by atoms with E-state index in [2.05, 4.69) is 5.32 Å². The number of hydrogen-bond acceptors (Lipinski definition) is 3. The maximum Gasteiger partial charge on any atom is 0.230 e. The molecule has 0 bridgehead atoms. The van der Waals surface area contributed by atoms with Crippen molar-refractivity contribution in [3.05, 3.63) is 63.1 Å². The minimum atomic E-state index is 0.0197. The lowest BCUT2D eigenvalue weighted by Crippen LogP contribution is -2.27. The van der Waals surface area contributed by atoms with E-state index in [-0.39, 0.29) is 5.91 Å². The summed E-state index contributed by atoms with van der Waals surface area (Å²) in [7, 11) is 0. The summed E-state index contributed by atoms with van der Waals surface area (Å²) in [5.41, 5.74) is 0.940. The maximum absolute atomic E-state index is 11.8. The fraction of sp³-hybridized carbons (Fsp3) is 0.235. The van der Waals surface area contributed by atoms with E-state index in [0.29, 0.717) is 27.4 Å². The minimum absolute atomic E-state index is 0.0197. The highest BCUT2D eigenvalue weighted by molar-refractivity contribution is 8.00. The molecule has 0 fully saturated rings. The first-order valence-electron chi connectivity index (χ1n) is 7.22. The number of halogens is 3. The van der Waals surface area contributed by atoms with E-state index in [9.17, 15) is 4.79 Å². The van der Waals surface area contributed by atoms with Crippen molar-refractivity contribution in [1.82, 2.24) is 5.32 Å². The van der Waals surface area contributed by atoms with Crippen molar-refractivity contribution >= 4 is 64.2 Å². The Balaban J connectivity index is 1.62. The van der Waals surface area contributed by atoms with Gasteiger partial charge in [0.1, 0.15) is 0 Å². The third-order valence-corrected chi connectivity index (χ3v) is 6.02. The smallest absolute Gasteiger partial charge is 0.230 e. The zero-order valence-electron chi connectivity index (χ0n) is 12.7. The summed E-state index contributed by atoms with van der Waals surface area (Å²) in [5.74, 6) is 1.95. The molecule has 2 aromatic carbocycles. The zero-order chi connectivity index (χ0) is 17.4. The minimum Gasteiger partial charge on any atom is -0.355 e. The Labute approximate surface area is 165 Å². The number of carbonyl (C=O) groups excluding carboxylic acids is 1. The Morgan fingerprint density at radius 1 is 1.00 bits per heavy atom. The molecule has 7 heteroatoms. The van der Waals surface area contributed by atoms with Gasteiger partial charge in [0, 0.05) is 38.0 Å². The summed E-state index contributed by atoms with van der Waals surface area (Å²) in [6.45, 7) is 0.618. The van der Waals surface area contributed by atoms with Gasteiger partial charge in [0.05, 0.1) is 5.75 Å². The van der Waals surface area contributed by atoms with Crippen LogP contribution < -0.4 is 5.32 Å². The molecule has 0 aromatic heterocycles. The number of carbonyl (C=O) groups is 1. The lowest BCUT2D eigenvalue weighted by Gasteiger charge is -2.08. The molecule has 0 aliphatic carbocycles. The maximum atomic E-state index is 11.8. The predicted molar refractivity (Wildman–Crippen MR) is 108 cm³/mol. The van der Waals surface area contributed by atoms with Crippen molar-refractivity contribution in [2.45, 2.75) is 10.6 Å². The lowest BCUT2D eigenvalue weighted by atomic mass is 10.2. The van der Waals surface area contributed by atoms with E-state index in [1.165, 1.54) is 11.8 Å². The van der Waals surface area contributed by atoms with Gasteiger partial charge in [-0.3, -0.25) is 4.79 Å². The average molecular weight is 421 g/mol. The lowest BCUT2D eigenvalue weighted by molar-refractivity contribution is -0.118. The molecule has 0 aliphatic heterocycles. The number of benzene rings is 2. The van der Waals surface area contributed by atoms with Crippen molar-refractivity contribution in [3.63, 3.8) is 0 Å². The molecule has 2 aromatic rings. The summed E-state index contributed by atoms with van der Waals surface area (Å²) in [5, 5.41) is 4.96. The Morgan fingerprint density at radius 3 is 2.33 bits per heavy atom. The van der Waals surface area contributed by atoms with E-state index in [4.69, 9.17) is 34.8 Å². The molecule has 1 N–H and O–H groups in total. The highest BCUT2D eigenvalue weighted by atomic mass is 35.5. The number of nitrogens with one attached hydrogen (secondary N) is 1. The van der Waals surface area contributed by atoms with E-state index in [1.807, 2.05) is 42.5 Å². The quantitative estimate of drug-likeness (QED) is 0.433. The second kappa shape index (κ2) is 10.5. The Hall–Kier alpha value is -0.520. The first-order chi connectivity index (χ1) is 11.6. The van der Waals surface area contributed by atoms with Crippen LogP contribution in [-0.2, 0) is 10.5 Å². The second-order valence-corrected chi connectivity index (χ2v) is 8.25. The van der Waals surface area contributed by atoms with Gasteiger partial charge in [0.2, 0.25) is 5.91 Å². The van der Waals surface area contributed by atoms with Gasteiger partial charge < -0.3 is 5.32 Å². The van der Waals surface area contributed by atoms with Gasteiger partial charge in [-0.15, -0.1) is 11.8 Å². The monoisotopic (exact) mass is 419 g/mol. The van der Waals surface area contributed by atoms with Gasteiger partial charge in [-0.2, -0.15) is 11.8 Å². The van der Waals surface area contributed by atoms with Crippen LogP contribution in [0, 0.1) is 0 Å². The number of thioether (sulfide) groups is 2. The normalized spacial score (nSPS) is 10.6. The average Bonchev–Trinajstić information content (AvgIpc) is 2.56. The molecule has 0 unspecified atom stereocenters. The van der Waals surface area contributed by atoms with Crippen LogP contribution >= 0.6 is 58.3 Å². The van der Waals surface area contributed by atoms with Gasteiger partial charge in [-0.25, -0.2) is 0 Å². The molecule has 0 saturated heterocycles. The molecular weight excluding hydrogens is 405 g/mol. The highest BCUT2D eigenvalue weighted by Gasteiger charge is 2.06. The topological polar surface area (TPSA) is 29.1 Å².